The molecule has 0 amide bonds. The highest BCUT2D eigenvalue weighted by atomic mass is 16.6. The van der Waals surface area contributed by atoms with Crippen LogP contribution >= 0.6 is 0 Å². The second-order valence-electron chi connectivity index (χ2n) is 14.4. The summed E-state index contributed by atoms with van der Waals surface area (Å²) in [6.07, 6.45) is 32.7. The summed E-state index contributed by atoms with van der Waals surface area (Å²) >= 11 is 0. The Bertz CT molecular complexity index is 706. The molecule has 1 atom stereocenters. The van der Waals surface area contributed by atoms with E-state index in [-0.39, 0.29) is 31.1 Å². The molecule has 0 saturated carbocycles. The molecule has 0 bridgehead atoms. The fraction of sp³-hybridized carbons (Fsp3) is 0.927. The zero-order valence-corrected chi connectivity index (χ0v) is 31.7. The molecule has 0 spiro atoms. The van der Waals surface area contributed by atoms with E-state index in [0.717, 1.165) is 70.1 Å². The van der Waals surface area contributed by atoms with Gasteiger partial charge in [-0.15, -0.1) is 0 Å². The third-order valence-electron chi connectivity index (χ3n) is 9.04. The summed E-state index contributed by atoms with van der Waals surface area (Å²) in [4.78, 5) is 37.2. The van der Waals surface area contributed by atoms with Crippen LogP contribution in [0.2, 0.25) is 0 Å². The number of ether oxygens (including phenoxy) is 3. The third kappa shape index (κ3) is 35.5. The molecule has 47 heavy (non-hydrogen) atoms. The van der Waals surface area contributed by atoms with Crippen molar-refractivity contribution < 1.29 is 28.6 Å². The van der Waals surface area contributed by atoms with E-state index in [1.54, 1.807) is 0 Å². The highest BCUT2D eigenvalue weighted by Gasteiger charge is 2.19. The predicted octanol–water partition coefficient (Wildman–Crippen LogP) is 12.4. The van der Waals surface area contributed by atoms with E-state index in [0.29, 0.717) is 19.3 Å². The molecule has 6 nitrogen and oxygen atoms in total. The maximum absolute atomic E-state index is 12.6. The van der Waals surface area contributed by atoms with Gasteiger partial charge in [0.05, 0.1) is 0 Å². The standard InChI is InChI=1S/C41H78O6/c1-5-7-9-11-12-13-14-15-16-17-18-19-20-25-29-33-40(43)46-36-38(35-45-39(42)32-28-23-10-8-6-2)47-41(44)34-30-26-22-21-24-27-31-37(3)4/h37-38H,5-36H2,1-4H3/t38-/m1/s1. The number of rotatable bonds is 36. The van der Waals surface area contributed by atoms with E-state index >= 15 is 0 Å². The average Bonchev–Trinajstić information content (AvgIpc) is 3.05. The van der Waals surface area contributed by atoms with Gasteiger partial charge in [0.1, 0.15) is 13.2 Å². The molecule has 0 heterocycles. The number of hydrogen-bond acceptors (Lipinski definition) is 6. The Hall–Kier alpha value is -1.59. The molecule has 0 saturated heterocycles. The molecule has 0 aliphatic carbocycles. The summed E-state index contributed by atoms with van der Waals surface area (Å²) < 4.78 is 16.5. The van der Waals surface area contributed by atoms with Gasteiger partial charge in [0.2, 0.25) is 0 Å². The second-order valence-corrected chi connectivity index (χ2v) is 14.4. The minimum atomic E-state index is -0.757. The van der Waals surface area contributed by atoms with Crippen molar-refractivity contribution in [2.75, 3.05) is 13.2 Å². The van der Waals surface area contributed by atoms with Crippen LogP contribution < -0.4 is 0 Å². The maximum Gasteiger partial charge on any atom is 0.306 e. The van der Waals surface area contributed by atoms with Gasteiger partial charge in [0, 0.05) is 19.3 Å². The number of carbonyl (C=O) groups is 3. The maximum atomic E-state index is 12.6. The largest absolute Gasteiger partial charge is 0.462 e. The highest BCUT2D eigenvalue weighted by Crippen LogP contribution is 2.15. The Morgan fingerprint density at radius 3 is 1.04 bits per heavy atom. The van der Waals surface area contributed by atoms with Crippen LogP contribution in [0.4, 0.5) is 0 Å². The van der Waals surface area contributed by atoms with Gasteiger partial charge in [0.15, 0.2) is 6.10 Å². The smallest absolute Gasteiger partial charge is 0.306 e. The summed E-state index contributed by atoms with van der Waals surface area (Å²) in [5.41, 5.74) is 0. The van der Waals surface area contributed by atoms with Crippen LogP contribution in [0.25, 0.3) is 0 Å². The minimum absolute atomic E-state index is 0.0665. The summed E-state index contributed by atoms with van der Waals surface area (Å²) in [6.45, 7) is 8.82. The molecule has 6 heteroatoms. The Labute approximate surface area is 291 Å². The first kappa shape index (κ1) is 45.4. The lowest BCUT2D eigenvalue weighted by Gasteiger charge is -2.18. The van der Waals surface area contributed by atoms with Crippen LogP contribution in [0.15, 0.2) is 0 Å². The molecule has 0 aromatic heterocycles. The quantitative estimate of drug-likeness (QED) is 0.0376. The Balaban J connectivity index is 4.19. The molecule has 0 fully saturated rings. The van der Waals surface area contributed by atoms with Crippen LogP contribution in [0.1, 0.15) is 220 Å². The predicted molar refractivity (Wildman–Crippen MR) is 196 cm³/mol. The van der Waals surface area contributed by atoms with Crippen molar-refractivity contribution in [1.82, 2.24) is 0 Å². The van der Waals surface area contributed by atoms with Crippen LogP contribution in [-0.2, 0) is 28.6 Å². The van der Waals surface area contributed by atoms with Gasteiger partial charge < -0.3 is 14.2 Å². The first-order valence-electron chi connectivity index (χ1n) is 20.4. The van der Waals surface area contributed by atoms with Crippen molar-refractivity contribution in [3.05, 3.63) is 0 Å². The first-order chi connectivity index (χ1) is 22.9. The fourth-order valence-electron chi connectivity index (χ4n) is 5.92. The van der Waals surface area contributed by atoms with Gasteiger partial charge >= 0.3 is 17.9 Å². The van der Waals surface area contributed by atoms with Gasteiger partial charge in [-0.3, -0.25) is 14.4 Å². The number of carbonyl (C=O) groups excluding carboxylic acids is 3. The monoisotopic (exact) mass is 667 g/mol. The highest BCUT2D eigenvalue weighted by molar-refractivity contribution is 5.71. The topological polar surface area (TPSA) is 78.9 Å². The molecule has 0 aliphatic rings. The fourth-order valence-corrected chi connectivity index (χ4v) is 5.92. The molecule has 0 radical (unpaired) electrons. The van der Waals surface area contributed by atoms with Crippen LogP contribution in [0.5, 0.6) is 0 Å². The van der Waals surface area contributed by atoms with Gasteiger partial charge in [-0.25, -0.2) is 0 Å². The molecule has 0 rings (SSSR count). The lowest BCUT2D eigenvalue weighted by Crippen LogP contribution is -2.30. The lowest BCUT2D eigenvalue weighted by molar-refractivity contribution is -0.167. The van der Waals surface area contributed by atoms with Crippen molar-refractivity contribution in [1.29, 1.82) is 0 Å². The Kier molecular flexibility index (Phi) is 34.5. The van der Waals surface area contributed by atoms with Crippen molar-refractivity contribution in [3.8, 4) is 0 Å². The van der Waals surface area contributed by atoms with Crippen molar-refractivity contribution in [2.24, 2.45) is 5.92 Å². The summed E-state index contributed by atoms with van der Waals surface area (Å²) in [6, 6.07) is 0. The molecular weight excluding hydrogens is 588 g/mol. The van der Waals surface area contributed by atoms with Gasteiger partial charge in [-0.2, -0.15) is 0 Å². The van der Waals surface area contributed by atoms with E-state index in [1.807, 2.05) is 0 Å². The van der Waals surface area contributed by atoms with Crippen LogP contribution in [0, 0.1) is 5.92 Å². The molecule has 0 N–H and O–H groups in total. The lowest BCUT2D eigenvalue weighted by atomic mass is 10.0. The Morgan fingerprint density at radius 2 is 0.702 bits per heavy atom. The van der Waals surface area contributed by atoms with Crippen LogP contribution in [0.3, 0.4) is 0 Å². The zero-order valence-electron chi connectivity index (χ0n) is 31.7. The normalized spacial score (nSPS) is 11.9. The minimum Gasteiger partial charge on any atom is -0.462 e. The first-order valence-corrected chi connectivity index (χ1v) is 20.4. The summed E-state index contributed by atoms with van der Waals surface area (Å²) in [7, 11) is 0. The SMILES string of the molecule is CCCCCCCCCCCCCCCCCC(=O)OC[C@@H](COC(=O)CCCCCCC)OC(=O)CCCCCCCCC(C)C. The Morgan fingerprint density at radius 1 is 0.404 bits per heavy atom. The second kappa shape index (κ2) is 35.7. The van der Waals surface area contributed by atoms with E-state index in [9.17, 15) is 14.4 Å². The van der Waals surface area contributed by atoms with Crippen molar-refractivity contribution in [3.63, 3.8) is 0 Å². The molecule has 278 valence electrons. The van der Waals surface area contributed by atoms with Gasteiger partial charge in [0.25, 0.3) is 0 Å². The molecule has 0 aromatic rings. The van der Waals surface area contributed by atoms with E-state index in [1.165, 1.54) is 109 Å². The van der Waals surface area contributed by atoms with E-state index in [2.05, 4.69) is 27.7 Å². The number of unbranched alkanes of at least 4 members (excludes halogenated alkanes) is 23. The summed E-state index contributed by atoms with van der Waals surface area (Å²) in [5.74, 6) is -0.121. The molecule has 0 unspecified atom stereocenters. The third-order valence-corrected chi connectivity index (χ3v) is 9.04. The molecule has 0 aliphatic heterocycles. The van der Waals surface area contributed by atoms with Gasteiger partial charge in [-0.05, 0) is 25.2 Å². The summed E-state index contributed by atoms with van der Waals surface area (Å²) in [5, 5.41) is 0. The van der Waals surface area contributed by atoms with E-state index in [4.69, 9.17) is 14.2 Å². The van der Waals surface area contributed by atoms with Crippen molar-refractivity contribution in [2.45, 2.75) is 226 Å². The zero-order chi connectivity index (χ0) is 34.6. The van der Waals surface area contributed by atoms with Crippen molar-refractivity contribution >= 4 is 17.9 Å². The van der Waals surface area contributed by atoms with Gasteiger partial charge in [-0.1, -0.05) is 182 Å². The number of esters is 3. The molecule has 0 aromatic carbocycles. The van der Waals surface area contributed by atoms with Crippen LogP contribution in [-0.4, -0.2) is 37.2 Å². The molecular formula is C41H78O6. The van der Waals surface area contributed by atoms with E-state index < -0.39 is 6.10 Å². The number of hydrogen-bond donors (Lipinski definition) is 0. The average molecular weight is 667 g/mol.